The highest BCUT2D eigenvalue weighted by Crippen LogP contribution is 2.64. The van der Waals surface area contributed by atoms with Crippen LogP contribution in [0.5, 0.6) is 11.5 Å². The molecule has 0 aliphatic heterocycles. The summed E-state index contributed by atoms with van der Waals surface area (Å²) < 4.78 is 16.4. The number of ketones is 1. The molecule has 0 bridgehead atoms. The zero-order valence-electron chi connectivity index (χ0n) is 25.6. The summed E-state index contributed by atoms with van der Waals surface area (Å²) >= 11 is 12.4. The Morgan fingerprint density at radius 1 is 0.826 bits per heavy atom. The summed E-state index contributed by atoms with van der Waals surface area (Å²) in [5.74, 6) is -3.58. The Balaban J connectivity index is 1.88. The number of hydrogen-bond acceptors (Lipinski definition) is 7. The van der Waals surface area contributed by atoms with Crippen molar-refractivity contribution < 1.29 is 28.9 Å². The summed E-state index contributed by atoms with van der Waals surface area (Å²) in [6.07, 6.45) is -0.163. The van der Waals surface area contributed by atoms with Crippen molar-refractivity contribution in [3.05, 3.63) is 129 Å². The molecule has 1 fully saturated rings. The van der Waals surface area contributed by atoms with Crippen LogP contribution >= 0.6 is 23.2 Å². The maximum atomic E-state index is 14.9. The first kappa shape index (κ1) is 33.0. The molecule has 7 nitrogen and oxygen atoms in total. The van der Waals surface area contributed by atoms with E-state index in [1.165, 1.54) is 7.11 Å². The van der Waals surface area contributed by atoms with Crippen LogP contribution in [0.2, 0.25) is 10.0 Å². The molecule has 46 heavy (non-hydrogen) atoms. The van der Waals surface area contributed by atoms with Gasteiger partial charge in [0.05, 0.1) is 32.8 Å². The van der Waals surface area contributed by atoms with Crippen molar-refractivity contribution in [1.82, 2.24) is 0 Å². The minimum atomic E-state index is -1.95. The third-order valence-electron chi connectivity index (χ3n) is 8.95. The van der Waals surface area contributed by atoms with Gasteiger partial charge in [0.15, 0.2) is 11.2 Å². The fourth-order valence-electron chi connectivity index (χ4n) is 6.75. The van der Waals surface area contributed by atoms with Crippen LogP contribution < -0.4 is 9.47 Å². The number of halogens is 2. The highest BCUT2D eigenvalue weighted by Gasteiger charge is 2.67. The molecule has 1 aliphatic carbocycles. The molecule has 0 radical (unpaired) electrons. The third-order valence-corrected chi connectivity index (χ3v) is 9.45. The number of hydrogen-bond donors (Lipinski definition) is 1. The Labute approximate surface area is 278 Å². The Hall–Kier alpha value is -4.35. The average Bonchev–Trinajstić information content (AvgIpc) is 3.08. The number of Topliss-reactive ketones (excluding diaryl/α,β-unsaturated/α-hetero) is 1. The van der Waals surface area contributed by atoms with E-state index in [0.29, 0.717) is 38.2 Å². The van der Waals surface area contributed by atoms with Gasteiger partial charge in [0.1, 0.15) is 17.1 Å². The lowest BCUT2D eigenvalue weighted by atomic mass is 9.47. The first-order chi connectivity index (χ1) is 22.1. The predicted molar refractivity (Wildman–Crippen MR) is 175 cm³/mol. The van der Waals surface area contributed by atoms with E-state index in [1.807, 2.05) is 0 Å². The molecule has 0 spiro atoms. The van der Waals surface area contributed by atoms with E-state index in [0.717, 1.165) is 0 Å². The quantitative estimate of drug-likeness (QED) is 0.145. The molecule has 1 saturated carbocycles. The fourth-order valence-corrected chi connectivity index (χ4v) is 7.00. The number of rotatable bonds is 9. The predicted octanol–water partition coefficient (Wildman–Crippen LogP) is 7.74. The number of carbonyl (C=O) groups excluding carboxylic acids is 2. The van der Waals surface area contributed by atoms with Crippen LogP contribution in [0.1, 0.15) is 52.2 Å². The Bertz CT molecular complexity index is 1740. The van der Waals surface area contributed by atoms with Crippen LogP contribution in [0.15, 0.2) is 97.1 Å². The minimum absolute atomic E-state index is 0.00414. The molecule has 0 saturated heterocycles. The monoisotopic (exact) mass is 657 g/mol. The number of carbonyl (C=O) groups is 2. The summed E-state index contributed by atoms with van der Waals surface area (Å²) in [4.78, 5) is 29.2. The van der Waals surface area contributed by atoms with E-state index in [9.17, 15) is 20.0 Å². The smallest absolute Gasteiger partial charge is 0.327 e. The maximum Gasteiger partial charge on any atom is 0.327 e. The van der Waals surface area contributed by atoms with Crippen LogP contribution in [-0.4, -0.2) is 37.7 Å². The van der Waals surface area contributed by atoms with Gasteiger partial charge in [-0.05, 0) is 90.7 Å². The van der Waals surface area contributed by atoms with Crippen molar-refractivity contribution in [3.63, 3.8) is 0 Å². The molecule has 0 heterocycles. The average molecular weight is 659 g/mol. The summed E-state index contributed by atoms with van der Waals surface area (Å²) in [7, 11) is 3.07. The lowest BCUT2D eigenvalue weighted by Gasteiger charge is -2.54. The first-order valence-corrected chi connectivity index (χ1v) is 15.5. The van der Waals surface area contributed by atoms with Gasteiger partial charge in [0, 0.05) is 27.4 Å². The molecule has 0 amide bonds. The van der Waals surface area contributed by atoms with Gasteiger partial charge < -0.3 is 19.3 Å². The molecular weight excluding hydrogens is 625 g/mol. The van der Waals surface area contributed by atoms with Crippen molar-refractivity contribution in [2.24, 2.45) is 11.3 Å². The van der Waals surface area contributed by atoms with Gasteiger partial charge in [0.2, 0.25) is 0 Å². The molecule has 0 unspecified atom stereocenters. The fraction of sp³-hybridized carbons (Fsp3) is 0.270. The number of nitrogens with zero attached hydrogens (tertiary/aromatic N) is 1. The number of esters is 1. The highest BCUT2D eigenvalue weighted by atomic mass is 35.5. The topological polar surface area (TPSA) is 106 Å². The largest absolute Gasteiger partial charge is 0.497 e. The molecule has 4 aromatic rings. The summed E-state index contributed by atoms with van der Waals surface area (Å²) in [5, 5.41) is 25.2. The Morgan fingerprint density at radius 2 is 1.33 bits per heavy atom. The summed E-state index contributed by atoms with van der Waals surface area (Å²) in [6.45, 7) is 1.67. The molecule has 1 aliphatic rings. The molecule has 9 heteroatoms. The van der Waals surface area contributed by atoms with E-state index in [4.69, 9.17) is 37.4 Å². The molecule has 4 aromatic carbocycles. The van der Waals surface area contributed by atoms with Crippen molar-refractivity contribution in [2.45, 2.75) is 30.8 Å². The Kier molecular flexibility index (Phi) is 9.74. The van der Waals surface area contributed by atoms with Crippen LogP contribution in [0.3, 0.4) is 0 Å². The van der Waals surface area contributed by atoms with Gasteiger partial charge in [-0.1, -0.05) is 59.6 Å². The zero-order chi connectivity index (χ0) is 33.1. The lowest BCUT2D eigenvalue weighted by Crippen LogP contribution is -2.59. The van der Waals surface area contributed by atoms with Gasteiger partial charge in [0.25, 0.3) is 0 Å². The van der Waals surface area contributed by atoms with Crippen LogP contribution in [0.4, 0.5) is 0 Å². The van der Waals surface area contributed by atoms with E-state index in [1.54, 1.807) is 111 Å². The van der Waals surface area contributed by atoms with Crippen molar-refractivity contribution in [2.75, 3.05) is 20.8 Å². The summed E-state index contributed by atoms with van der Waals surface area (Å²) in [6, 6.07) is 29.1. The number of benzene rings is 4. The molecule has 0 aromatic heterocycles. The van der Waals surface area contributed by atoms with Crippen molar-refractivity contribution in [3.8, 4) is 17.6 Å². The Morgan fingerprint density at radius 3 is 1.80 bits per heavy atom. The van der Waals surface area contributed by atoms with E-state index in [2.05, 4.69) is 6.07 Å². The third kappa shape index (κ3) is 5.85. The van der Waals surface area contributed by atoms with Gasteiger partial charge >= 0.3 is 5.97 Å². The number of methoxy groups -OCH3 is 2. The maximum absolute atomic E-state index is 14.9. The minimum Gasteiger partial charge on any atom is -0.497 e. The highest BCUT2D eigenvalue weighted by molar-refractivity contribution is 6.31. The van der Waals surface area contributed by atoms with Crippen LogP contribution in [0, 0.1) is 22.7 Å². The van der Waals surface area contributed by atoms with Crippen LogP contribution in [-0.2, 0) is 15.1 Å². The van der Waals surface area contributed by atoms with E-state index >= 15 is 0 Å². The van der Waals surface area contributed by atoms with Gasteiger partial charge in [-0.25, -0.2) is 0 Å². The second-order valence-corrected chi connectivity index (χ2v) is 12.1. The van der Waals surface area contributed by atoms with Crippen molar-refractivity contribution >= 4 is 35.0 Å². The first-order valence-electron chi connectivity index (χ1n) is 14.8. The second kappa shape index (κ2) is 13.6. The van der Waals surface area contributed by atoms with Crippen molar-refractivity contribution in [1.29, 1.82) is 5.26 Å². The number of nitriles is 1. The zero-order valence-corrected chi connectivity index (χ0v) is 27.1. The SMILES string of the molecule is CCOC(=O)[C@]1(C#N)[C@H](c2ccc(OC)cc2)C[C@](O)(c2ccc(Cl)cc2)[C@@H](C(=O)c2ccc(Cl)cc2)[C@@H]1c1ccc(OC)cc1. The second-order valence-electron chi connectivity index (χ2n) is 11.3. The summed E-state index contributed by atoms with van der Waals surface area (Å²) in [5.41, 5.74) is -2.09. The van der Waals surface area contributed by atoms with E-state index < -0.39 is 40.5 Å². The van der Waals surface area contributed by atoms with Gasteiger partial charge in [-0.15, -0.1) is 0 Å². The van der Waals surface area contributed by atoms with Gasteiger partial charge in [-0.3, -0.25) is 9.59 Å². The lowest BCUT2D eigenvalue weighted by molar-refractivity contribution is -0.164. The molecule has 1 N–H and O–H groups in total. The molecular formula is C37H33Cl2NO6. The normalized spacial score (nSPS) is 24.0. The standard InChI is InChI=1S/C37H33Cl2NO6/c1-4-46-35(42)36(22-40)31(23-7-17-29(44-2)18-8-23)21-37(43,26-11-15-28(39)16-12-26)33(34(41)25-5-13-27(38)14-6-25)32(36)24-9-19-30(45-3)20-10-24/h5-20,31-33,43H,4,21H2,1-3H3/t31-,32-,33+,36+,37-/m0/s1. The molecule has 5 rings (SSSR count). The van der Waals surface area contributed by atoms with Crippen LogP contribution in [0.25, 0.3) is 0 Å². The van der Waals surface area contributed by atoms with E-state index in [-0.39, 0.29) is 18.6 Å². The number of ether oxygens (including phenoxy) is 3. The number of aliphatic hydroxyl groups is 1. The molecule has 5 atom stereocenters. The molecule has 236 valence electrons. The van der Waals surface area contributed by atoms with Gasteiger partial charge in [-0.2, -0.15) is 5.26 Å².